The van der Waals surface area contributed by atoms with Crippen molar-refractivity contribution < 1.29 is 9.53 Å². The standard InChI is InChI=1S/C22H33N3O2.2ClH/c23-21-16-6-3-7-17(21)13-20(12-16)22(26)24-14-18-4-1-2-5-19(18)15-25-8-10-27-11-9-25;;/h1-2,4-5,16-17,20-21H,3,6-15,23H2,(H,24,26);2*1H. The Labute approximate surface area is 186 Å². The molecule has 1 aliphatic heterocycles. The van der Waals surface area contributed by atoms with Crippen molar-refractivity contribution in [1.82, 2.24) is 10.2 Å². The lowest BCUT2D eigenvalue weighted by molar-refractivity contribution is -0.128. The van der Waals surface area contributed by atoms with E-state index in [1.807, 2.05) is 0 Å². The van der Waals surface area contributed by atoms with Crippen LogP contribution in [0.5, 0.6) is 0 Å². The van der Waals surface area contributed by atoms with E-state index in [4.69, 9.17) is 10.5 Å². The van der Waals surface area contributed by atoms with Gasteiger partial charge in [0.2, 0.25) is 5.91 Å². The van der Waals surface area contributed by atoms with Crippen LogP contribution >= 0.6 is 24.8 Å². The predicted octanol–water partition coefficient (Wildman–Crippen LogP) is 3.13. The second-order valence-corrected chi connectivity index (χ2v) is 8.57. The van der Waals surface area contributed by atoms with Crippen LogP contribution in [0.4, 0.5) is 0 Å². The molecule has 3 aliphatic rings. The number of ether oxygens (including phenoxy) is 1. The monoisotopic (exact) mass is 443 g/mol. The molecule has 5 nitrogen and oxygen atoms in total. The first-order valence-electron chi connectivity index (χ1n) is 10.6. The number of halogens is 2. The molecular formula is C22H35Cl2N3O2. The maximum absolute atomic E-state index is 12.8. The van der Waals surface area contributed by atoms with Gasteiger partial charge in [0, 0.05) is 38.1 Å². The first-order valence-corrected chi connectivity index (χ1v) is 10.6. The Balaban J connectivity index is 0.00000150. The molecule has 3 fully saturated rings. The van der Waals surface area contributed by atoms with Crippen LogP contribution in [-0.2, 0) is 22.6 Å². The van der Waals surface area contributed by atoms with Crippen molar-refractivity contribution in [2.24, 2.45) is 23.5 Å². The molecule has 2 atom stereocenters. The number of nitrogens with two attached hydrogens (primary N) is 1. The van der Waals surface area contributed by atoms with Gasteiger partial charge in [-0.15, -0.1) is 24.8 Å². The van der Waals surface area contributed by atoms with Gasteiger partial charge in [0.25, 0.3) is 0 Å². The number of amides is 1. The summed E-state index contributed by atoms with van der Waals surface area (Å²) in [6, 6.07) is 8.79. The molecule has 1 amide bonds. The van der Waals surface area contributed by atoms with Gasteiger partial charge in [-0.2, -0.15) is 0 Å². The third-order valence-electron chi connectivity index (χ3n) is 6.85. The van der Waals surface area contributed by atoms with Gasteiger partial charge in [-0.3, -0.25) is 9.69 Å². The average molecular weight is 444 g/mol. The lowest BCUT2D eigenvalue weighted by Crippen LogP contribution is -2.49. The predicted molar refractivity (Wildman–Crippen MR) is 120 cm³/mol. The summed E-state index contributed by atoms with van der Waals surface area (Å²) in [6.07, 6.45) is 5.62. The van der Waals surface area contributed by atoms with E-state index in [1.54, 1.807) is 0 Å². The molecule has 0 radical (unpaired) electrons. The first-order chi connectivity index (χ1) is 13.2. The highest BCUT2D eigenvalue weighted by Gasteiger charge is 2.40. The zero-order valence-corrected chi connectivity index (χ0v) is 18.7. The number of fused-ring (bicyclic) bond motifs is 2. The first kappa shape index (κ1) is 24.4. The van der Waals surface area contributed by atoms with E-state index in [1.165, 1.54) is 30.4 Å². The Kier molecular flexibility index (Phi) is 9.70. The molecule has 1 saturated heterocycles. The molecule has 7 heteroatoms. The summed E-state index contributed by atoms with van der Waals surface area (Å²) in [7, 11) is 0. The summed E-state index contributed by atoms with van der Waals surface area (Å²) >= 11 is 0. The minimum atomic E-state index is 0. The minimum Gasteiger partial charge on any atom is -0.379 e. The molecule has 2 bridgehead atoms. The molecule has 2 unspecified atom stereocenters. The number of benzene rings is 1. The SMILES string of the molecule is Cl.Cl.NC1C2CCCC1CC(C(=O)NCc1ccccc1CN1CCOCC1)C2. The van der Waals surface area contributed by atoms with Crippen molar-refractivity contribution in [3.05, 3.63) is 35.4 Å². The Bertz CT molecular complexity index is 641. The molecule has 3 N–H and O–H groups in total. The highest BCUT2D eigenvalue weighted by Crippen LogP contribution is 2.41. The molecule has 4 rings (SSSR count). The van der Waals surface area contributed by atoms with Crippen LogP contribution in [0, 0.1) is 17.8 Å². The molecule has 1 aromatic rings. The third kappa shape index (κ3) is 6.08. The molecule has 1 heterocycles. The number of nitrogens with zero attached hydrogens (tertiary/aromatic N) is 1. The number of carbonyl (C=O) groups is 1. The molecule has 29 heavy (non-hydrogen) atoms. The van der Waals surface area contributed by atoms with Gasteiger partial charge in [-0.05, 0) is 48.6 Å². The number of hydrogen-bond acceptors (Lipinski definition) is 4. The lowest BCUT2D eigenvalue weighted by Gasteiger charge is -2.43. The molecular weight excluding hydrogens is 409 g/mol. The number of morpholine rings is 1. The second kappa shape index (κ2) is 11.5. The zero-order chi connectivity index (χ0) is 18.6. The van der Waals surface area contributed by atoms with Crippen LogP contribution in [0.2, 0.25) is 0 Å². The summed E-state index contributed by atoms with van der Waals surface area (Å²) in [6.45, 7) is 5.13. The fraction of sp³-hybridized carbons (Fsp3) is 0.682. The second-order valence-electron chi connectivity index (χ2n) is 8.57. The van der Waals surface area contributed by atoms with Crippen molar-refractivity contribution in [2.45, 2.75) is 51.2 Å². The van der Waals surface area contributed by atoms with Gasteiger partial charge < -0.3 is 15.8 Å². The number of carbonyl (C=O) groups excluding carboxylic acids is 1. The van der Waals surface area contributed by atoms with Crippen molar-refractivity contribution in [3.63, 3.8) is 0 Å². The largest absolute Gasteiger partial charge is 0.379 e. The quantitative estimate of drug-likeness (QED) is 0.733. The maximum atomic E-state index is 12.8. The van der Waals surface area contributed by atoms with Gasteiger partial charge in [-0.1, -0.05) is 30.7 Å². The van der Waals surface area contributed by atoms with Crippen LogP contribution in [0.25, 0.3) is 0 Å². The van der Waals surface area contributed by atoms with Crippen LogP contribution < -0.4 is 11.1 Å². The van der Waals surface area contributed by atoms with E-state index in [9.17, 15) is 4.79 Å². The van der Waals surface area contributed by atoms with Crippen LogP contribution in [0.1, 0.15) is 43.2 Å². The molecule has 2 aliphatic carbocycles. The van der Waals surface area contributed by atoms with E-state index in [-0.39, 0.29) is 36.6 Å². The Morgan fingerprint density at radius 1 is 1.07 bits per heavy atom. The number of nitrogens with one attached hydrogen (secondary N) is 1. The summed E-state index contributed by atoms with van der Waals surface area (Å²) in [5.41, 5.74) is 8.91. The average Bonchev–Trinajstić information content (AvgIpc) is 2.68. The minimum absolute atomic E-state index is 0. The normalized spacial score (nSPS) is 29.3. The van der Waals surface area contributed by atoms with Crippen molar-refractivity contribution in [1.29, 1.82) is 0 Å². The van der Waals surface area contributed by atoms with Crippen molar-refractivity contribution in [2.75, 3.05) is 26.3 Å². The van der Waals surface area contributed by atoms with E-state index in [2.05, 4.69) is 34.5 Å². The van der Waals surface area contributed by atoms with Gasteiger partial charge in [0.1, 0.15) is 0 Å². The topological polar surface area (TPSA) is 67.6 Å². The van der Waals surface area contributed by atoms with Crippen molar-refractivity contribution >= 4 is 30.7 Å². The van der Waals surface area contributed by atoms with Gasteiger partial charge in [0.15, 0.2) is 0 Å². The highest BCUT2D eigenvalue weighted by molar-refractivity contribution is 5.85. The molecule has 2 saturated carbocycles. The zero-order valence-electron chi connectivity index (χ0n) is 17.1. The van der Waals surface area contributed by atoms with E-state index < -0.39 is 0 Å². The molecule has 0 spiro atoms. The van der Waals surface area contributed by atoms with Gasteiger partial charge in [-0.25, -0.2) is 0 Å². The maximum Gasteiger partial charge on any atom is 0.223 e. The Morgan fingerprint density at radius 2 is 1.69 bits per heavy atom. The summed E-state index contributed by atoms with van der Waals surface area (Å²) in [5, 5.41) is 3.23. The summed E-state index contributed by atoms with van der Waals surface area (Å²) in [4.78, 5) is 15.3. The van der Waals surface area contributed by atoms with Gasteiger partial charge in [0.05, 0.1) is 13.2 Å². The fourth-order valence-corrected chi connectivity index (χ4v) is 5.21. The molecule has 0 aromatic heterocycles. The van der Waals surface area contributed by atoms with E-state index in [0.29, 0.717) is 24.4 Å². The van der Waals surface area contributed by atoms with Crippen molar-refractivity contribution in [3.8, 4) is 0 Å². The van der Waals surface area contributed by atoms with E-state index >= 15 is 0 Å². The van der Waals surface area contributed by atoms with Crippen LogP contribution in [0.3, 0.4) is 0 Å². The Morgan fingerprint density at radius 3 is 2.34 bits per heavy atom. The summed E-state index contributed by atoms with van der Waals surface area (Å²) in [5.74, 6) is 1.45. The highest BCUT2D eigenvalue weighted by atomic mass is 35.5. The fourth-order valence-electron chi connectivity index (χ4n) is 5.21. The lowest BCUT2D eigenvalue weighted by atomic mass is 9.65. The molecule has 1 aromatic carbocycles. The van der Waals surface area contributed by atoms with Crippen LogP contribution in [0.15, 0.2) is 24.3 Å². The smallest absolute Gasteiger partial charge is 0.223 e. The van der Waals surface area contributed by atoms with Gasteiger partial charge >= 0.3 is 0 Å². The molecule has 164 valence electrons. The number of rotatable bonds is 5. The third-order valence-corrected chi connectivity index (χ3v) is 6.85. The number of hydrogen-bond donors (Lipinski definition) is 2. The van der Waals surface area contributed by atoms with E-state index in [0.717, 1.165) is 45.7 Å². The summed E-state index contributed by atoms with van der Waals surface area (Å²) < 4.78 is 5.44. The Hall–Kier alpha value is -0.850. The van der Waals surface area contributed by atoms with Crippen LogP contribution in [-0.4, -0.2) is 43.2 Å².